The lowest BCUT2D eigenvalue weighted by atomic mass is 9.93. The van der Waals surface area contributed by atoms with E-state index < -0.39 is 43.0 Å². The lowest BCUT2D eigenvalue weighted by Gasteiger charge is -2.29. The SMILES string of the molecule is NC(c1cccc(C(=O)O)c1)[C@H](O)[C@@H](O)[C@H](O)[C@H](O)CO. The molecule has 21 heavy (non-hydrogen) atoms. The van der Waals surface area contributed by atoms with Crippen LogP contribution in [-0.4, -0.2) is 67.6 Å². The largest absolute Gasteiger partial charge is 0.478 e. The van der Waals surface area contributed by atoms with Crippen molar-refractivity contribution in [2.45, 2.75) is 30.5 Å². The van der Waals surface area contributed by atoms with E-state index in [0.717, 1.165) is 0 Å². The quantitative estimate of drug-likeness (QED) is 0.299. The fraction of sp³-hybridized carbons (Fsp3) is 0.462. The molecule has 8 N–H and O–H groups in total. The molecule has 0 bridgehead atoms. The van der Waals surface area contributed by atoms with E-state index in [9.17, 15) is 25.2 Å². The summed E-state index contributed by atoms with van der Waals surface area (Å²) in [7, 11) is 0. The van der Waals surface area contributed by atoms with Gasteiger partial charge in [0.2, 0.25) is 0 Å². The lowest BCUT2D eigenvalue weighted by molar-refractivity contribution is -0.119. The third-order valence-corrected chi connectivity index (χ3v) is 3.17. The van der Waals surface area contributed by atoms with E-state index in [2.05, 4.69) is 0 Å². The predicted molar refractivity (Wildman–Crippen MR) is 71.4 cm³/mol. The summed E-state index contributed by atoms with van der Waals surface area (Å²) in [6.07, 6.45) is -6.90. The van der Waals surface area contributed by atoms with E-state index in [1.165, 1.54) is 24.3 Å². The second-order valence-corrected chi connectivity index (χ2v) is 4.68. The molecule has 0 heterocycles. The molecule has 1 aromatic carbocycles. The second kappa shape index (κ2) is 7.46. The summed E-state index contributed by atoms with van der Waals surface area (Å²) in [4.78, 5) is 10.9. The Balaban J connectivity index is 2.89. The number of carboxylic acid groups (broad SMARTS) is 1. The fourth-order valence-corrected chi connectivity index (χ4v) is 1.83. The molecule has 1 unspecified atom stereocenters. The third-order valence-electron chi connectivity index (χ3n) is 3.17. The molecule has 8 nitrogen and oxygen atoms in total. The second-order valence-electron chi connectivity index (χ2n) is 4.68. The first-order valence-corrected chi connectivity index (χ1v) is 6.21. The van der Waals surface area contributed by atoms with Crippen molar-refractivity contribution in [1.82, 2.24) is 0 Å². The molecule has 1 aromatic rings. The van der Waals surface area contributed by atoms with Gasteiger partial charge in [-0.05, 0) is 17.7 Å². The highest BCUT2D eigenvalue weighted by molar-refractivity contribution is 5.87. The Morgan fingerprint density at radius 1 is 1.10 bits per heavy atom. The Bertz CT molecular complexity index is 481. The monoisotopic (exact) mass is 301 g/mol. The van der Waals surface area contributed by atoms with Crippen molar-refractivity contribution >= 4 is 5.97 Å². The van der Waals surface area contributed by atoms with Crippen molar-refractivity contribution in [3.8, 4) is 0 Å². The number of aromatic carboxylic acids is 1. The van der Waals surface area contributed by atoms with Gasteiger partial charge in [0.25, 0.3) is 0 Å². The normalized spacial score (nSPS) is 18.6. The third kappa shape index (κ3) is 4.21. The van der Waals surface area contributed by atoms with Crippen LogP contribution >= 0.6 is 0 Å². The number of carboxylic acids is 1. The zero-order chi connectivity index (χ0) is 16.2. The van der Waals surface area contributed by atoms with Gasteiger partial charge >= 0.3 is 5.97 Å². The summed E-state index contributed by atoms with van der Waals surface area (Å²) in [6.45, 7) is -0.797. The van der Waals surface area contributed by atoms with Crippen LogP contribution in [0.2, 0.25) is 0 Å². The summed E-state index contributed by atoms with van der Waals surface area (Å²) in [5, 5.41) is 56.0. The molecule has 0 saturated heterocycles. The minimum absolute atomic E-state index is 0.0411. The standard InChI is InChI=1S/C13H19NO7/c14-9(6-2-1-3-7(4-6)13(20)21)11(18)12(19)10(17)8(16)5-15/h1-4,8-12,15-19H,5,14H2,(H,20,21)/t8-,9?,10-,11+,12+/m1/s1. The molecular weight excluding hydrogens is 282 g/mol. The average Bonchev–Trinajstić information content (AvgIpc) is 2.51. The van der Waals surface area contributed by atoms with Gasteiger partial charge in [0, 0.05) is 0 Å². The minimum atomic E-state index is -1.81. The van der Waals surface area contributed by atoms with Gasteiger partial charge in [-0.3, -0.25) is 0 Å². The molecule has 0 aliphatic carbocycles. The smallest absolute Gasteiger partial charge is 0.335 e. The molecule has 0 fully saturated rings. The highest BCUT2D eigenvalue weighted by atomic mass is 16.4. The number of hydrogen-bond donors (Lipinski definition) is 7. The number of nitrogens with two attached hydrogens (primary N) is 1. The van der Waals surface area contributed by atoms with Gasteiger partial charge in [-0.1, -0.05) is 12.1 Å². The lowest BCUT2D eigenvalue weighted by Crippen LogP contribution is -2.49. The molecule has 0 saturated carbocycles. The van der Waals surface area contributed by atoms with Crippen molar-refractivity contribution in [3.05, 3.63) is 35.4 Å². The van der Waals surface area contributed by atoms with Crippen molar-refractivity contribution in [1.29, 1.82) is 0 Å². The van der Waals surface area contributed by atoms with E-state index in [-0.39, 0.29) is 11.1 Å². The first-order chi connectivity index (χ1) is 9.79. The maximum atomic E-state index is 10.9. The molecular formula is C13H19NO7. The van der Waals surface area contributed by atoms with Crippen LogP contribution in [0.1, 0.15) is 22.0 Å². The van der Waals surface area contributed by atoms with Gasteiger partial charge in [-0.25, -0.2) is 4.79 Å². The van der Waals surface area contributed by atoms with E-state index in [1.807, 2.05) is 0 Å². The van der Waals surface area contributed by atoms with Gasteiger partial charge in [-0.2, -0.15) is 0 Å². The van der Waals surface area contributed by atoms with Crippen LogP contribution in [0.15, 0.2) is 24.3 Å². The Hall–Kier alpha value is -1.55. The summed E-state index contributed by atoms with van der Waals surface area (Å²) in [5.74, 6) is -1.17. The molecule has 0 amide bonds. The number of benzene rings is 1. The number of aliphatic hydroxyl groups excluding tert-OH is 5. The maximum Gasteiger partial charge on any atom is 0.335 e. The Morgan fingerprint density at radius 2 is 1.71 bits per heavy atom. The average molecular weight is 301 g/mol. The Morgan fingerprint density at radius 3 is 2.24 bits per heavy atom. The van der Waals surface area contributed by atoms with Crippen LogP contribution in [-0.2, 0) is 0 Å². The van der Waals surface area contributed by atoms with Crippen molar-refractivity contribution in [2.24, 2.45) is 5.73 Å². The van der Waals surface area contributed by atoms with E-state index in [1.54, 1.807) is 0 Å². The first kappa shape index (κ1) is 17.5. The van der Waals surface area contributed by atoms with Crippen LogP contribution in [0.25, 0.3) is 0 Å². The van der Waals surface area contributed by atoms with Gasteiger partial charge in [0.1, 0.15) is 24.4 Å². The molecule has 0 aromatic heterocycles. The molecule has 0 spiro atoms. The predicted octanol–water partition coefficient (Wildman–Crippen LogP) is -2.18. The van der Waals surface area contributed by atoms with Gasteiger partial charge in [0.05, 0.1) is 18.2 Å². The van der Waals surface area contributed by atoms with Gasteiger partial charge in [0.15, 0.2) is 0 Å². The summed E-state index contributed by atoms with van der Waals surface area (Å²) >= 11 is 0. The zero-order valence-electron chi connectivity index (χ0n) is 11.1. The molecule has 0 radical (unpaired) electrons. The topological polar surface area (TPSA) is 164 Å². The highest BCUT2D eigenvalue weighted by Crippen LogP contribution is 2.20. The van der Waals surface area contributed by atoms with Crippen LogP contribution < -0.4 is 5.73 Å². The number of rotatable bonds is 7. The van der Waals surface area contributed by atoms with Crippen LogP contribution in [0.5, 0.6) is 0 Å². The van der Waals surface area contributed by atoms with Gasteiger partial charge in [-0.15, -0.1) is 0 Å². The minimum Gasteiger partial charge on any atom is -0.478 e. The summed E-state index contributed by atoms with van der Waals surface area (Å²) in [5.41, 5.74) is 5.93. The van der Waals surface area contributed by atoms with Crippen LogP contribution in [0, 0.1) is 0 Å². The number of aliphatic hydroxyl groups is 5. The Labute approximate surface area is 120 Å². The first-order valence-electron chi connectivity index (χ1n) is 6.21. The van der Waals surface area contributed by atoms with Crippen LogP contribution in [0.3, 0.4) is 0 Å². The molecule has 5 atom stereocenters. The summed E-state index contributed by atoms with van der Waals surface area (Å²) in [6, 6.07) is 4.28. The maximum absolute atomic E-state index is 10.9. The van der Waals surface area contributed by atoms with E-state index >= 15 is 0 Å². The number of hydrogen-bond acceptors (Lipinski definition) is 7. The highest BCUT2D eigenvalue weighted by Gasteiger charge is 2.34. The van der Waals surface area contributed by atoms with Crippen molar-refractivity contribution < 1.29 is 35.4 Å². The molecule has 1 rings (SSSR count). The van der Waals surface area contributed by atoms with E-state index in [4.69, 9.17) is 15.9 Å². The van der Waals surface area contributed by atoms with Gasteiger partial charge < -0.3 is 36.4 Å². The molecule has 118 valence electrons. The Kier molecular flexibility index (Phi) is 6.21. The molecule has 8 heteroatoms. The fourth-order valence-electron chi connectivity index (χ4n) is 1.83. The van der Waals surface area contributed by atoms with Crippen LogP contribution in [0.4, 0.5) is 0 Å². The summed E-state index contributed by atoms with van der Waals surface area (Å²) < 4.78 is 0. The molecule has 0 aliphatic heterocycles. The molecule has 0 aliphatic rings. The zero-order valence-corrected chi connectivity index (χ0v) is 11.1. The number of carbonyl (C=O) groups is 1. The van der Waals surface area contributed by atoms with E-state index in [0.29, 0.717) is 0 Å². The van der Waals surface area contributed by atoms with Crippen molar-refractivity contribution in [2.75, 3.05) is 6.61 Å². The van der Waals surface area contributed by atoms with Crippen molar-refractivity contribution in [3.63, 3.8) is 0 Å².